The number of ether oxygens (including phenoxy) is 1. The van der Waals surface area contributed by atoms with Gasteiger partial charge in [0, 0.05) is 5.56 Å². The van der Waals surface area contributed by atoms with E-state index in [9.17, 15) is 4.79 Å². The predicted molar refractivity (Wildman–Crippen MR) is 76.2 cm³/mol. The van der Waals surface area contributed by atoms with E-state index >= 15 is 0 Å². The van der Waals surface area contributed by atoms with E-state index in [-0.39, 0.29) is 6.04 Å². The molecule has 1 amide bonds. The molecule has 0 unspecified atom stereocenters. The van der Waals surface area contributed by atoms with Crippen molar-refractivity contribution in [3.8, 4) is 0 Å². The number of aliphatic imine (C=N–C) groups is 1. The second kappa shape index (κ2) is 5.17. The van der Waals surface area contributed by atoms with Gasteiger partial charge < -0.3 is 10.5 Å². The summed E-state index contributed by atoms with van der Waals surface area (Å²) in [5.74, 6) is -0.0446. The van der Waals surface area contributed by atoms with Crippen LogP contribution in [0.15, 0.2) is 65.7 Å². The molecule has 0 bridgehead atoms. The average molecular weight is 266 g/mol. The van der Waals surface area contributed by atoms with E-state index in [0.29, 0.717) is 5.90 Å². The summed E-state index contributed by atoms with van der Waals surface area (Å²) in [6.45, 7) is 0. The van der Waals surface area contributed by atoms with Crippen LogP contribution >= 0.6 is 0 Å². The summed E-state index contributed by atoms with van der Waals surface area (Å²) in [6, 6.07) is 18.7. The van der Waals surface area contributed by atoms with E-state index in [4.69, 9.17) is 10.5 Å². The summed E-state index contributed by atoms with van der Waals surface area (Å²) in [5.41, 5.74) is 7.19. The average Bonchev–Trinajstić information content (AvgIpc) is 2.94. The normalized spacial score (nSPS) is 21.1. The summed E-state index contributed by atoms with van der Waals surface area (Å²) >= 11 is 0. The summed E-state index contributed by atoms with van der Waals surface area (Å²) in [4.78, 5) is 16.1. The van der Waals surface area contributed by atoms with Gasteiger partial charge >= 0.3 is 0 Å². The van der Waals surface area contributed by atoms with E-state index in [1.165, 1.54) is 0 Å². The number of hydrogen-bond acceptors (Lipinski definition) is 3. The summed E-state index contributed by atoms with van der Waals surface area (Å²) in [6.07, 6.45) is -0.757. The Kier molecular flexibility index (Phi) is 3.21. The Labute approximate surface area is 116 Å². The predicted octanol–water partition coefficient (Wildman–Crippen LogP) is 2.06. The molecule has 3 rings (SSSR count). The van der Waals surface area contributed by atoms with Crippen molar-refractivity contribution in [3.63, 3.8) is 0 Å². The maximum atomic E-state index is 11.6. The van der Waals surface area contributed by atoms with Crippen LogP contribution in [0, 0.1) is 0 Å². The van der Waals surface area contributed by atoms with Crippen molar-refractivity contribution >= 4 is 11.8 Å². The highest BCUT2D eigenvalue weighted by Gasteiger charge is 2.36. The molecular weight excluding hydrogens is 252 g/mol. The third-order valence-electron chi connectivity index (χ3n) is 3.22. The molecule has 0 aromatic heterocycles. The van der Waals surface area contributed by atoms with E-state index in [1.54, 1.807) is 0 Å². The van der Waals surface area contributed by atoms with Crippen molar-refractivity contribution in [2.45, 2.75) is 12.1 Å². The van der Waals surface area contributed by atoms with E-state index in [1.807, 2.05) is 60.7 Å². The number of carbonyl (C=O) groups is 1. The SMILES string of the molecule is NC(=O)[C@@H]1OC(c2ccccc2)=N[C@@H]1c1ccccc1. The molecule has 1 aliphatic heterocycles. The first-order valence-electron chi connectivity index (χ1n) is 6.40. The summed E-state index contributed by atoms with van der Waals surface area (Å²) in [5, 5.41) is 0. The molecule has 4 nitrogen and oxygen atoms in total. The Balaban J connectivity index is 1.98. The lowest BCUT2D eigenvalue weighted by Crippen LogP contribution is -2.33. The van der Waals surface area contributed by atoms with Crippen molar-refractivity contribution in [2.24, 2.45) is 10.7 Å². The molecular formula is C16H14N2O2. The second-order valence-electron chi connectivity index (χ2n) is 4.60. The van der Waals surface area contributed by atoms with Gasteiger partial charge in [-0.1, -0.05) is 48.5 Å². The minimum absolute atomic E-state index is 0.385. The molecule has 1 aliphatic rings. The number of carbonyl (C=O) groups excluding carboxylic acids is 1. The maximum absolute atomic E-state index is 11.6. The zero-order chi connectivity index (χ0) is 13.9. The number of nitrogens with two attached hydrogens (primary N) is 1. The van der Waals surface area contributed by atoms with Crippen LogP contribution in [-0.4, -0.2) is 17.9 Å². The fraction of sp³-hybridized carbons (Fsp3) is 0.125. The van der Waals surface area contributed by atoms with Gasteiger partial charge in [-0.25, -0.2) is 4.99 Å². The van der Waals surface area contributed by atoms with Gasteiger partial charge in [0.2, 0.25) is 12.0 Å². The molecule has 0 spiro atoms. The summed E-state index contributed by atoms with van der Waals surface area (Å²) in [7, 11) is 0. The second-order valence-corrected chi connectivity index (χ2v) is 4.60. The first-order chi connectivity index (χ1) is 9.75. The topological polar surface area (TPSA) is 64.7 Å². The number of hydrogen-bond donors (Lipinski definition) is 1. The number of amides is 1. The highest BCUT2D eigenvalue weighted by atomic mass is 16.5. The number of rotatable bonds is 3. The van der Waals surface area contributed by atoms with E-state index < -0.39 is 12.0 Å². The lowest BCUT2D eigenvalue weighted by Gasteiger charge is -2.14. The van der Waals surface area contributed by atoms with Crippen LogP contribution < -0.4 is 5.73 Å². The third-order valence-corrected chi connectivity index (χ3v) is 3.22. The highest BCUT2D eigenvalue weighted by molar-refractivity contribution is 5.98. The fourth-order valence-electron chi connectivity index (χ4n) is 2.25. The molecule has 2 atom stereocenters. The standard InChI is InChI=1S/C16H14N2O2/c17-15(19)14-13(11-7-3-1-4-8-11)18-16(20-14)12-9-5-2-6-10-12/h1-10,13-14H,(H2,17,19)/t13-,14-/m1/s1. The van der Waals surface area contributed by atoms with Gasteiger partial charge in [0.05, 0.1) is 0 Å². The fourth-order valence-corrected chi connectivity index (χ4v) is 2.25. The first kappa shape index (κ1) is 12.4. The molecule has 0 fully saturated rings. The molecule has 2 aromatic rings. The van der Waals surface area contributed by atoms with Gasteiger partial charge in [0.1, 0.15) is 6.04 Å². The maximum Gasteiger partial charge on any atom is 0.261 e. The molecule has 0 aliphatic carbocycles. The third kappa shape index (κ3) is 2.28. The molecule has 0 saturated heterocycles. The van der Waals surface area contributed by atoms with Gasteiger partial charge in [0.25, 0.3) is 5.91 Å². The Hall–Kier alpha value is -2.62. The van der Waals surface area contributed by atoms with Gasteiger partial charge in [-0.05, 0) is 17.7 Å². The molecule has 100 valence electrons. The zero-order valence-electron chi connectivity index (χ0n) is 10.8. The minimum Gasteiger partial charge on any atom is -0.461 e. The van der Waals surface area contributed by atoms with Crippen LogP contribution in [0.5, 0.6) is 0 Å². The molecule has 20 heavy (non-hydrogen) atoms. The van der Waals surface area contributed by atoms with Crippen molar-refractivity contribution in [1.82, 2.24) is 0 Å². The zero-order valence-corrected chi connectivity index (χ0v) is 10.8. The Morgan fingerprint density at radius 2 is 1.60 bits per heavy atom. The quantitative estimate of drug-likeness (QED) is 0.924. The number of benzene rings is 2. The van der Waals surface area contributed by atoms with Crippen LogP contribution in [0.3, 0.4) is 0 Å². The van der Waals surface area contributed by atoms with E-state index in [0.717, 1.165) is 11.1 Å². The van der Waals surface area contributed by atoms with Crippen molar-refractivity contribution in [2.75, 3.05) is 0 Å². The lowest BCUT2D eigenvalue weighted by atomic mass is 10.0. The van der Waals surface area contributed by atoms with Crippen LogP contribution in [0.4, 0.5) is 0 Å². The minimum atomic E-state index is -0.757. The largest absolute Gasteiger partial charge is 0.461 e. The number of primary amides is 1. The molecule has 0 saturated carbocycles. The Morgan fingerprint density at radius 1 is 1.00 bits per heavy atom. The van der Waals surface area contributed by atoms with E-state index in [2.05, 4.69) is 4.99 Å². The first-order valence-corrected chi connectivity index (χ1v) is 6.40. The van der Waals surface area contributed by atoms with Crippen molar-refractivity contribution in [1.29, 1.82) is 0 Å². The van der Waals surface area contributed by atoms with Gasteiger partial charge in [0.15, 0.2) is 0 Å². The highest BCUT2D eigenvalue weighted by Crippen LogP contribution is 2.30. The molecule has 2 aromatic carbocycles. The smallest absolute Gasteiger partial charge is 0.261 e. The van der Waals surface area contributed by atoms with Crippen LogP contribution in [0.2, 0.25) is 0 Å². The van der Waals surface area contributed by atoms with Crippen LogP contribution in [0.25, 0.3) is 0 Å². The monoisotopic (exact) mass is 266 g/mol. The van der Waals surface area contributed by atoms with Crippen LogP contribution in [-0.2, 0) is 9.53 Å². The Morgan fingerprint density at radius 3 is 2.20 bits per heavy atom. The molecule has 2 N–H and O–H groups in total. The van der Waals surface area contributed by atoms with Crippen LogP contribution in [0.1, 0.15) is 17.2 Å². The van der Waals surface area contributed by atoms with Crippen molar-refractivity contribution in [3.05, 3.63) is 71.8 Å². The van der Waals surface area contributed by atoms with Gasteiger partial charge in [-0.15, -0.1) is 0 Å². The Bertz CT molecular complexity index is 638. The van der Waals surface area contributed by atoms with Crippen molar-refractivity contribution < 1.29 is 9.53 Å². The molecule has 0 radical (unpaired) electrons. The van der Waals surface area contributed by atoms with Gasteiger partial charge in [-0.2, -0.15) is 0 Å². The number of nitrogens with zero attached hydrogens (tertiary/aromatic N) is 1. The van der Waals surface area contributed by atoms with Gasteiger partial charge in [-0.3, -0.25) is 4.79 Å². The molecule has 4 heteroatoms. The summed E-state index contributed by atoms with van der Waals surface area (Å²) < 4.78 is 5.65. The molecule has 1 heterocycles. The lowest BCUT2D eigenvalue weighted by molar-refractivity contribution is -0.125.